The summed E-state index contributed by atoms with van der Waals surface area (Å²) in [4.78, 5) is 0. The molecule has 0 fully saturated rings. The van der Waals surface area contributed by atoms with E-state index >= 15 is 0 Å². The van der Waals surface area contributed by atoms with E-state index in [4.69, 9.17) is 4.74 Å². The predicted molar refractivity (Wildman–Crippen MR) is 142 cm³/mol. The molecule has 2 aliphatic rings. The van der Waals surface area contributed by atoms with Crippen LogP contribution in [0.2, 0.25) is 0 Å². The van der Waals surface area contributed by atoms with Crippen LogP contribution in [-0.2, 0) is 5.41 Å². The van der Waals surface area contributed by atoms with Crippen molar-refractivity contribution >= 4 is 21.5 Å². The fraction of sp³-hybridized carbons (Fsp3) is 0.0303. The molecule has 0 radical (unpaired) electrons. The molecule has 0 saturated heterocycles. The Balaban J connectivity index is 1.59. The topological polar surface area (TPSA) is 49.7 Å². The molecule has 3 nitrogen and oxygen atoms in total. The second-order valence-corrected chi connectivity index (χ2v) is 9.70. The van der Waals surface area contributed by atoms with E-state index in [0.29, 0.717) is 0 Å². The summed E-state index contributed by atoms with van der Waals surface area (Å²) in [6.45, 7) is 0. The van der Waals surface area contributed by atoms with Gasteiger partial charge in [0.15, 0.2) is 0 Å². The number of benzene rings is 6. The fourth-order valence-corrected chi connectivity index (χ4v) is 6.36. The van der Waals surface area contributed by atoms with Crippen LogP contribution in [0, 0.1) is 0 Å². The molecule has 3 heteroatoms. The van der Waals surface area contributed by atoms with E-state index in [0.717, 1.165) is 44.2 Å². The molecular weight excluding hydrogens is 444 g/mol. The first kappa shape index (κ1) is 19.5. The standard InChI is InChI=1S/C33H20O3/c34-23-11-9-19-17-31-29(15-21(19)13-23)33(27-7-3-1-5-25(27)26-6-2-4-8-28(26)33)30-16-22-14-24(35)12-10-20(22)18-32(30)36-31/h1-18,34-35H. The summed E-state index contributed by atoms with van der Waals surface area (Å²) in [7, 11) is 0. The van der Waals surface area contributed by atoms with Crippen molar-refractivity contribution in [1.82, 2.24) is 0 Å². The first-order valence-corrected chi connectivity index (χ1v) is 12.0. The quantitative estimate of drug-likeness (QED) is 0.240. The number of hydrogen-bond donors (Lipinski definition) is 2. The lowest BCUT2D eigenvalue weighted by atomic mass is 9.65. The smallest absolute Gasteiger partial charge is 0.132 e. The third kappa shape index (κ3) is 2.37. The van der Waals surface area contributed by atoms with Crippen LogP contribution in [-0.4, -0.2) is 10.2 Å². The van der Waals surface area contributed by atoms with E-state index in [1.54, 1.807) is 12.1 Å². The summed E-state index contributed by atoms with van der Waals surface area (Å²) in [6.07, 6.45) is 0. The molecule has 36 heavy (non-hydrogen) atoms. The normalized spacial score (nSPS) is 14.2. The van der Waals surface area contributed by atoms with Crippen molar-refractivity contribution in [3.8, 4) is 34.1 Å². The molecule has 6 aromatic rings. The minimum atomic E-state index is -0.602. The fourth-order valence-electron chi connectivity index (χ4n) is 6.36. The Labute approximate surface area is 207 Å². The Morgan fingerprint density at radius 2 is 0.917 bits per heavy atom. The number of aromatic hydroxyl groups is 2. The molecule has 0 aromatic heterocycles. The van der Waals surface area contributed by atoms with Crippen molar-refractivity contribution in [2.24, 2.45) is 0 Å². The van der Waals surface area contributed by atoms with Crippen molar-refractivity contribution in [1.29, 1.82) is 0 Å². The van der Waals surface area contributed by atoms with Crippen molar-refractivity contribution in [3.63, 3.8) is 0 Å². The van der Waals surface area contributed by atoms with Gasteiger partial charge in [0.1, 0.15) is 23.0 Å². The highest BCUT2D eigenvalue weighted by Gasteiger charge is 2.51. The third-order valence-corrected chi connectivity index (χ3v) is 7.82. The van der Waals surface area contributed by atoms with Crippen molar-refractivity contribution in [2.75, 3.05) is 0 Å². The second-order valence-electron chi connectivity index (χ2n) is 9.70. The van der Waals surface area contributed by atoms with Gasteiger partial charge in [-0.1, -0.05) is 60.7 Å². The Kier molecular flexibility index (Phi) is 3.62. The van der Waals surface area contributed by atoms with Gasteiger partial charge < -0.3 is 14.9 Å². The zero-order valence-electron chi connectivity index (χ0n) is 19.2. The van der Waals surface area contributed by atoms with E-state index < -0.39 is 5.41 Å². The van der Waals surface area contributed by atoms with Crippen LogP contribution in [0.15, 0.2) is 109 Å². The lowest BCUT2D eigenvalue weighted by Gasteiger charge is -2.39. The third-order valence-electron chi connectivity index (χ3n) is 7.82. The lowest BCUT2D eigenvalue weighted by Crippen LogP contribution is -2.32. The molecule has 0 saturated carbocycles. The van der Waals surface area contributed by atoms with Crippen LogP contribution >= 0.6 is 0 Å². The van der Waals surface area contributed by atoms with Crippen LogP contribution in [0.4, 0.5) is 0 Å². The van der Waals surface area contributed by atoms with Crippen molar-refractivity contribution < 1.29 is 14.9 Å². The molecule has 1 heterocycles. The van der Waals surface area contributed by atoms with Gasteiger partial charge in [-0.3, -0.25) is 0 Å². The maximum absolute atomic E-state index is 10.3. The molecular formula is C33H20O3. The van der Waals surface area contributed by atoms with Gasteiger partial charge in [0.25, 0.3) is 0 Å². The van der Waals surface area contributed by atoms with Gasteiger partial charge in [0.05, 0.1) is 5.41 Å². The van der Waals surface area contributed by atoms with Gasteiger partial charge in [0.2, 0.25) is 0 Å². The Morgan fingerprint density at radius 1 is 0.444 bits per heavy atom. The molecule has 0 amide bonds. The highest BCUT2D eigenvalue weighted by Crippen LogP contribution is 2.62. The Morgan fingerprint density at radius 3 is 1.42 bits per heavy atom. The molecule has 170 valence electrons. The first-order chi connectivity index (χ1) is 17.6. The van der Waals surface area contributed by atoms with E-state index in [9.17, 15) is 10.2 Å². The average molecular weight is 465 g/mol. The summed E-state index contributed by atoms with van der Waals surface area (Å²) in [5, 5.41) is 24.4. The van der Waals surface area contributed by atoms with Gasteiger partial charge in [-0.25, -0.2) is 0 Å². The van der Waals surface area contributed by atoms with E-state index in [2.05, 4.69) is 72.8 Å². The predicted octanol–water partition coefficient (Wildman–Crippen LogP) is 7.87. The van der Waals surface area contributed by atoms with Gasteiger partial charge in [-0.2, -0.15) is 0 Å². The summed E-state index contributed by atoms with van der Waals surface area (Å²) in [6, 6.07) is 36.6. The van der Waals surface area contributed by atoms with Gasteiger partial charge in [-0.15, -0.1) is 0 Å². The maximum Gasteiger partial charge on any atom is 0.132 e. The summed E-state index contributed by atoms with van der Waals surface area (Å²) in [5.74, 6) is 2.10. The van der Waals surface area contributed by atoms with Crippen LogP contribution < -0.4 is 4.74 Å². The molecule has 8 rings (SSSR count). The number of fused-ring (bicyclic) bond motifs is 11. The van der Waals surface area contributed by atoms with Crippen molar-refractivity contribution in [3.05, 3.63) is 131 Å². The minimum absolute atomic E-state index is 0.238. The van der Waals surface area contributed by atoms with Crippen LogP contribution in [0.3, 0.4) is 0 Å². The van der Waals surface area contributed by atoms with E-state index in [1.165, 1.54) is 22.3 Å². The summed E-state index contributed by atoms with van der Waals surface area (Å²) in [5.41, 5.74) is 6.31. The van der Waals surface area contributed by atoms with Gasteiger partial charge in [-0.05, 0) is 92.3 Å². The largest absolute Gasteiger partial charge is 0.508 e. The molecule has 1 spiro atoms. The van der Waals surface area contributed by atoms with Crippen LogP contribution in [0.5, 0.6) is 23.0 Å². The molecule has 2 N–H and O–H groups in total. The minimum Gasteiger partial charge on any atom is -0.508 e. The monoisotopic (exact) mass is 464 g/mol. The molecule has 1 aliphatic carbocycles. The van der Waals surface area contributed by atoms with Crippen molar-refractivity contribution in [2.45, 2.75) is 5.41 Å². The second kappa shape index (κ2) is 6.67. The number of phenolic OH excluding ortho intramolecular Hbond substituents is 2. The van der Waals surface area contributed by atoms with E-state index in [1.807, 2.05) is 24.3 Å². The van der Waals surface area contributed by atoms with Gasteiger partial charge in [0, 0.05) is 11.1 Å². The highest BCUT2D eigenvalue weighted by molar-refractivity contribution is 5.95. The molecule has 1 aliphatic heterocycles. The lowest BCUT2D eigenvalue weighted by molar-refractivity contribution is 0.438. The number of ether oxygens (including phenoxy) is 1. The number of phenols is 2. The molecule has 0 bridgehead atoms. The molecule has 0 atom stereocenters. The zero-order valence-corrected chi connectivity index (χ0v) is 19.2. The first-order valence-electron chi connectivity index (χ1n) is 12.0. The van der Waals surface area contributed by atoms with E-state index in [-0.39, 0.29) is 11.5 Å². The van der Waals surface area contributed by atoms with Crippen LogP contribution in [0.1, 0.15) is 22.3 Å². The zero-order chi connectivity index (χ0) is 24.0. The number of rotatable bonds is 0. The maximum atomic E-state index is 10.3. The SMILES string of the molecule is Oc1ccc2cc3c(cc2c1)C1(c2cc4cc(O)ccc4cc2O3)c2ccccc2-c2ccccc21. The van der Waals surface area contributed by atoms with Crippen LogP contribution in [0.25, 0.3) is 32.7 Å². The molecule has 6 aromatic carbocycles. The number of hydrogen-bond acceptors (Lipinski definition) is 3. The highest BCUT2D eigenvalue weighted by atomic mass is 16.5. The summed E-state index contributed by atoms with van der Waals surface area (Å²) < 4.78 is 6.65. The molecule has 0 unspecified atom stereocenters. The average Bonchev–Trinajstić information content (AvgIpc) is 3.19. The summed E-state index contributed by atoms with van der Waals surface area (Å²) >= 11 is 0. The van der Waals surface area contributed by atoms with Gasteiger partial charge >= 0.3 is 0 Å². The Bertz CT molecular complexity index is 1760. The Hall–Kier alpha value is -4.76.